The average molecular weight is 608 g/mol. The largest absolute Gasteiger partial charge is 0.543 e. The Labute approximate surface area is 244 Å². The minimum absolute atomic E-state index is 0.0771. The summed E-state index contributed by atoms with van der Waals surface area (Å²) in [5.41, 5.74) is 0.975. The molecule has 1 unspecified atom stereocenters. The maximum atomic E-state index is 11.0. The van der Waals surface area contributed by atoms with Gasteiger partial charge in [0, 0.05) is 26.2 Å². The highest BCUT2D eigenvalue weighted by atomic mass is 32.2. The minimum Gasteiger partial charge on any atom is -0.543 e. The molecule has 0 saturated carbocycles. The van der Waals surface area contributed by atoms with Crippen molar-refractivity contribution in [3.63, 3.8) is 0 Å². The molecule has 4 rings (SSSR count). The maximum absolute atomic E-state index is 11.0. The third-order valence-electron chi connectivity index (χ3n) is 7.96. The fraction of sp³-hybridized carbons (Fsp3) is 0.679. The molecule has 2 atom stereocenters. The van der Waals surface area contributed by atoms with E-state index in [1.165, 1.54) is 0 Å². The van der Waals surface area contributed by atoms with Crippen LogP contribution in [0.4, 0.5) is 0 Å². The predicted molar refractivity (Wildman–Crippen MR) is 161 cm³/mol. The first kappa shape index (κ1) is 31.6. The maximum Gasteiger partial charge on any atom is 0.265 e. The van der Waals surface area contributed by atoms with Crippen LogP contribution in [0.15, 0.2) is 24.5 Å². The van der Waals surface area contributed by atoms with Crippen LogP contribution in [0, 0.1) is 5.92 Å². The van der Waals surface area contributed by atoms with Crippen molar-refractivity contribution in [2.75, 3.05) is 25.6 Å². The number of benzene rings is 1. The Morgan fingerprint density at radius 3 is 2.66 bits per heavy atom. The third-order valence-corrected chi connectivity index (χ3v) is 13.3. The van der Waals surface area contributed by atoms with E-state index in [0.29, 0.717) is 37.7 Å². The van der Waals surface area contributed by atoms with Crippen LogP contribution < -0.4 is 4.43 Å². The van der Waals surface area contributed by atoms with Crippen molar-refractivity contribution in [2.24, 2.45) is 5.92 Å². The van der Waals surface area contributed by atoms with Crippen molar-refractivity contribution in [3.8, 4) is 11.6 Å². The van der Waals surface area contributed by atoms with Gasteiger partial charge in [0.1, 0.15) is 12.1 Å². The van der Waals surface area contributed by atoms with E-state index in [9.17, 15) is 8.42 Å². The number of nitrogens with zero attached hydrogens (tertiary/aromatic N) is 5. The van der Waals surface area contributed by atoms with Gasteiger partial charge >= 0.3 is 0 Å². The Kier molecular flexibility index (Phi) is 9.95. The molecular formula is C28H45N5O6SSi. The summed E-state index contributed by atoms with van der Waals surface area (Å²) in [4.78, 5) is 4.52. The number of fused-ring (bicyclic) bond motifs is 1. The number of hydrogen-bond acceptors (Lipinski definition) is 8. The van der Waals surface area contributed by atoms with Crippen LogP contribution in [0.3, 0.4) is 0 Å². The first-order valence-corrected chi connectivity index (χ1v) is 19.0. The highest BCUT2D eigenvalue weighted by Gasteiger charge is 2.39. The highest BCUT2D eigenvalue weighted by molar-refractivity contribution is 7.85. The van der Waals surface area contributed by atoms with E-state index in [0.717, 1.165) is 48.9 Å². The van der Waals surface area contributed by atoms with E-state index in [1.807, 2.05) is 10.7 Å². The third kappa shape index (κ3) is 8.37. The molecule has 228 valence electrons. The number of aryl methyl sites for hydroxylation is 1. The zero-order valence-corrected chi connectivity index (χ0v) is 27.0. The van der Waals surface area contributed by atoms with Gasteiger partial charge in [0.25, 0.3) is 10.1 Å². The van der Waals surface area contributed by atoms with E-state index in [-0.39, 0.29) is 22.9 Å². The molecule has 1 saturated heterocycles. The smallest absolute Gasteiger partial charge is 0.265 e. The van der Waals surface area contributed by atoms with Crippen molar-refractivity contribution in [3.05, 3.63) is 30.4 Å². The molecule has 11 nitrogen and oxygen atoms in total. The quantitative estimate of drug-likeness (QED) is 0.151. The summed E-state index contributed by atoms with van der Waals surface area (Å²) >= 11 is 0. The Hall–Kier alpha value is -2.32. The topological polar surface area (TPSA) is 131 Å². The molecule has 0 spiro atoms. The molecule has 0 amide bonds. The number of hydrogen-bond donors (Lipinski definition) is 1. The molecule has 0 aliphatic carbocycles. The van der Waals surface area contributed by atoms with Gasteiger partial charge < -0.3 is 13.9 Å². The van der Waals surface area contributed by atoms with Gasteiger partial charge in [0.2, 0.25) is 8.32 Å². The molecule has 2 aromatic heterocycles. The lowest BCUT2D eigenvalue weighted by atomic mass is 10.1. The molecular weight excluding hydrogens is 562 g/mol. The minimum atomic E-state index is -3.96. The van der Waals surface area contributed by atoms with Gasteiger partial charge in [-0.05, 0) is 74.4 Å². The average Bonchev–Trinajstić information content (AvgIpc) is 3.49. The molecule has 1 N–H and O–H groups in total. The monoisotopic (exact) mass is 607 g/mol. The first-order valence-electron chi connectivity index (χ1n) is 14.5. The summed E-state index contributed by atoms with van der Waals surface area (Å²) in [6.45, 7) is 14.6. The molecule has 1 fully saturated rings. The van der Waals surface area contributed by atoms with Gasteiger partial charge in [0.15, 0.2) is 17.9 Å². The van der Waals surface area contributed by atoms with Crippen LogP contribution in [0.25, 0.3) is 16.7 Å². The second-order valence-electron chi connectivity index (χ2n) is 12.6. The molecule has 3 aromatic rings. The second-order valence-corrected chi connectivity index (χ2v) is 18.8. The molecule has 0 radical (unpaired) electrons. The number of rotatable bonds is 13. The van der Waals surface area contributed by atoms with Gasteiger partial charge in [-0.25, -0.2) is 9.67 Å². The van der Waals surface area contributed by atoms with Gasteiger partial charge in [0.05, 0.1) is 16.7 Å². The lowest BCUT2D eigenvalue weighted by Gasteiger charge is -2.36. The van der Waals surface area contributed by atoms with E-state index in [2.05, 4.69) is 51.0 Å². The van der Waals surface area contributed by atoms with Crippen molar-refractivity contribution in [1.29, 1.82) is 0 Å². The second kappa shape index (κ2) is 12.9. The van der Waals surface area contributed by atoms with Crippen molar-refractivity contribution >= 4 is 29.3 Å². The Morgan fingerprint density at radius 1 is 1.20 bits per heavy atom. The van der Waals surface area contributed by atoms with Crippen LogP contribution in [-0.4, -0.2) is 71.4 Å². The zero-order chi connectivity index (χ0) is 29.8. The molecule has 1 aromatic carbocycles. The fourth-order valence-electron chi connectivity index (χ4n) is 4.60. The Morgan fingerprint density at radius 2 is 1.98 bits per heavy atom. The van der Waals surface area contributed by atoms with Crippen LogP contribution in [0.2, 0.25) is 18.1 Å². The lowest BCUT2D eigenvalue weighted by molar-refractivity contribution is -0.0367. The number of aromatic nitrogens is 5. The highest BCUT2D eigenvalue weighted by Crippen LogP contribution is 2.39. The molecule has 1 aliphatic rings. The Balaban J connectivity index is 1.47. The first-order chi connectivity index (χ1) is 19.2. The molecule has 1 aliphatic heterocycles. The molecule has 0 bridgehead atoms. The number of ether oxygens (including phenoxy) is 2. The summed E-state index contributed by atoms with van der Waals surface area (Å²) in [6.07, 6.45) is 6.58. The summed E-state index contributed by atoms with van der Waals surface area (Å²) in [5, 5.41) is 10.7. The zero-order valence-electron chi connectivity index (χ0n) is 25.2. The Bertz CT molecular complexity index is 1410. The standard InChI is InChI=1S/C28H45N5O6SSi/c1-21(19-40(34,35)36)14-17-37-15-9-10-25-29-20-32(30-25)27-23-18-22(39-41(5,6)28(2,3)4)12-13-24(23)33(31-27)26-11-7-8-16-38-26/h12-13,18,20-21,26H,7-11,14-17,19H2,1-6H3,(H,34,35,36)/t21-,26?/m0/s1. The van der Waals surface area contributed by atoms with Crippen molar-refractivity contribution in [1.82, 2.24) is 24.5 Å². The van der Waals surface area contributed by atoms with E-state index >= 15 is 0 Å². The van der Waals surface area contributed by atoms with Gasteiger partial charge in [-0.1, -0.05) is 27.7 Å². The van der Waals surface area contributed by atoms with Crippen LogP contribution in [-0.2, 0) is 26.0 Å². The summed E-state index contributed by atoms with van der Waals surface area (Å²) in [5.74, 6) is 1.80. The SMILES string of the molecule is C[C@@H](CCOCCCc1ncn(-c2nn(C3CCCCO3)c3ccc(O[Si](C)(C)C(C)(C)C)cc23)n1)CS(=O)(=O)O. The van der Waals surface area contributed by atoms with Crippen LogP contribution in [0.1, 0.15) is 71.9 Å². The van der Waals surface area contributed by atoms with Crippen molar-refractivity contribution < 1.29 is 26.9 Å². The predicted octanol–water partition coefficient (Wildman–Crippen LogP) is 5.56. The fourth-order valence-corrected chi connectivity index (χ4v) is 6.50. The van der Waals surface area contributed by atoms with E-state index < -0.39 is 18.4 Å². The summed E-state index contributed by atoms with van der Waals surface area (Å²) < 4.78 is 53.0. The summed E-state index contributed by atoms with van der Waals surface area (Å²) in [6, 6.07) is 6.16. The summed E-state index contributed by atoms with van der Waals surface area (Å²) in [7, 11) is -5.99. The molecule has 13 heteroatoms. The lowest BCUT2D eigenvalue weighted by Crippen LogP contribution is -2.43. The van der Waals surface area contributed by atoms with E-state index in [4.69, 9.17) is 28.6 Å². The van der Waals surface area contributed by atoms with Gasteiger partial charge in [-0.15, -0.1) is 10.2 Å². The van der Waals surface area contributed by atoms with Gasteiger partial charge in [-0.3, -0.25) is 4.55 Å². The van der Waals surface area contributed by atoms with Crippen LogP contribution in [0.5, 0.6) is 5.75 Å². The molecule has 41 heavy (non-hydrogen) atoms. The van der Waals surface area contributed by atoms with Gasteiger partial charge in [-0.2, -0.15) is 13.1 Å². The molecule has 3 heterocycles. The van der Waals surface area contributed by atoms with Crippen LogP contribution >= 0.6 is 0 Å². The van der Waals surface area contributed by atoms with E-state index in [1.54, 1.807) is 17.9 Å². The van der Waals surface area contributed by atoms with Crippen molar-refractivity contribution in [2.45, 2.75) is 90.6 Å². The normalized spacial score (nSPS) is 17.7.